The Bertz CT molecular complexity index is 707. The van der Waals surface area contributed by atoms with Gasteiger partial charge in [0.1, 0.15) is 0 Å². The fourth-order valence-electron chi connectivity index (χ4n) is 2.13. The first-order chi connectivity index (χ1) is 10.3. The maximum Gasteiger partial charge on any atom is 0.203 e. The molecule has 0 atom stereocenters. The van der Waals surface area contributed by atoms with E-state index < -0.39 is 0 Å². The molecule has 0 bridgehead atoms. The molecule has 0 amide bonds. The number of carbonyl (C=O) groups is 2. The smallest absolute Gasteiger partial charge is 0.203 e. The number of ketones is 2. The van der Waals surface area contributed by atoms with Crippen molar-refractivity contribution in [1.82, 2.24) is 0 Å². The molecule has 0 N–H and O–H groups in total. The summed E-state index contributed by atoms with van der Waals surface area (Å²) >= 11 is 1.31. The topological polar surface area (TPSA) is 34.1 Å². The molecule has 21 heavy (non-hydrogen) atoms. The lowest BCUT2D eigenvalue weighted by atomic mass is 10.0. The van der Waals surface area contributed by atoms with Crippen LogP contribution in [0.3, 0.4) is 0 Å². The van der Waals surface area contributed by atoms with Gasteiger partial charge in [-0.25, -0.2) is 0 Å². The Morgan fingerprint density at radius 2 is 1.19 bits per heavy atom. The molecular weight excluding hydrogens is 280 g/mol. The van der Waals surface area contributed by atoms with E-state index in [1.165, 1.54) is 11.3 Å². The highest BCUT2D eigenvalue weighted by Crippen LogP contribution is 2.23. The standard InChI is InChI=1S/C18H12O2S/c19-16(13-7-3-1-4-8-13)15-11-12-21-18(15)17(20)14-9-5-2-6-10-14/h1-12H. The summed E-state index contributed by atoms with van der Waals surface area (Å²) in [6.45, 7) is 0. The number of rotatable bonds is 4. The van der Waals surface area contributed by atoms with Crippen molar-refractivity contribution in [2.45, 2.75) is 0 Å². The van der Waals surface area contributed by atoms with Gasteiger partial charge in [-0.05, 0) is 11.4 Å². The second-order valence-electron chi connectivity index (χ2n) is 4.55. The van der Waals surface area contributed by atoms with Gasteiger partial charge in [0, 0.05) is 16.7 Å². The Labute approximate surface area is 126 Å². The lowest BCUT2D eigenvalue weighted by Crippen LogP contribution is -2.07. The average Bonchev–Trinajstić information content (AvgIpc) is 3.04. The minimum Gasteiger partial charge on any atom is -0.289 e. The zero-order valence-corrected chi connectivity index (χ0v) is 12.0. The minimum absolute atomic E-state index is 0.107. The van der Waals surface area contributed by atoms with Crippen molar-refractivity contribution in [2.75, 3.05) is 0 Å². The quantitative estimate of drug-likeness (QED) is 0.675. The summed E-state index contributed by atoms with van der Waals surface area (Å²) in [6.07, 6.45) is 0. The summed E-state index contributed by atoms with van der Waals surface area (Å²) < 4.78 is 0. The Balaban J connectivity index is 1.99. The zero-order chi connectivity index (χ0) is 14.7. The molecule has 2 aromatic carbocycles. The lowest BCUT2D eigenvalue weighted by molar-refractivity contribution is 0.101. The third-order valence-corrected chi connectivity index (χ3v) is 4.10. The average molecular weight is 292 g/mol. The molecule has 3 aromatic rings. The molecular formula is C18H12O2S. The summed E-state index contributed by atoms with van der Waals surface area (Å²) in [5.41, 5.74) is 1.67. The Morgan fingerprint density at radius 3 is 1.76 bits per heavy atom. The van der Waals surface area contributed by atoms with Crippen LogP contribution in [0.25, 0.3) is 0 Å². The lowest BCUT2D eigenvalue weighted by Gasteiger charge is -2.03. The SMILES string of the molecule is O=C(c1ccccc1)c1ccsc1C(=O)c1ccccc1. The van der Waals surface area contributed by atoms with Crippen molar-refractivity contribution in [1.29, 1.82) is 0 Å². The van der Waals surface area contributed by atoms with Crippen LogP contribution < -0.4 is 0 Å². The molecule has 1 heterocycles. The highest BCUT2D eigenvalue weighted by molar-refractivity contribution is 7.12. The second-order valence-corrected chi connectivity index (χ2v) is 5.47. The Hall–Kier alpha value is -2.52. The van der Waals surface area contributed by atoms with E-state index in [4.69, 9.17) is 0 Å². The highest BCUT2D eigenvalue weighted by atomic mass is 32.1. The molecule has 2 nitrogen and oxygen atoms in total. The summed E-state index contributed by atoms with van der Waals surface area (Å²) in [5.74, 6) is -0.221. The van der Waals surface area contributed by atoms with Crippen molar-refractivity contribution in [3.05, 3.63) is 93.7 Å². The third kappa shape index (κ3) is 2.69. The maximum atomic E-state index is 12.5. The predicted octanol–water partition coefficient (Wildman–Crippen LogP) is 4.21. The summed E-state index contributed by atoms with van der Waals surface area (Å²) in [5, 5.41) is 1.78. The van der Waals surface area contributed by atoms with Crippen LogP contribution in [0.5, 0.6) is 0 Å². The number of hydrogen-bond donors (Lipinski definition) is 0. The van der Waals surface area contributed by atoms with Gasteiger partial charge in [-0.1, -0.05) is 60.7 Å². The van der Waals surface area contributed by atoms with Gasteiger partial charge >= 0.3 is 0 Å². The van der Waals surface area contributed by atoms with E-state index in [2.05, 4.69) is 0 Å². The maximum absolute atomic E-state index is 12.5. The van der Waals surface area contributed by atoms with Crippen LogP contribution in [0.1, 0.15) is 31.2 Å². The highest BCUT2D eigenvalue weighted by Gasteiger charge is 2.20. The molecule has 0 saturated carbocycles. The summed E-state index contributed by atoms with van der Waals surface area (Å²) in [6, 6.07) is 19.8. The van der Waals surface area contributed by atoms with E-state index >= 15 is 0 Å². The summed E-state index contributed by atoms with van der Waals surface area (Å²) in [7, 11) is 0. The Morgan fingerprint density at radius 1 is 0.667 bits per heavy atom. The number of hydrogen-bond acceptors (Lipinski definition) is 3. The van der Waals surface area contributed by atoms with Gasteiger partial charge in [0.25, 0.3) is 0 Å². The molecule has 3 rings (SSSR count). The fraction of sp³-hybridized carbons (Fsp3) is 0. The van der Waals surface area contributed by atoms with E-state index in [0.717, 1.165) is 0 Å². The number of thiophene rings is 1. The molecule has 0 fully saturated rings. The van der Waals surface area contributed by atoms with Crippen LogP contribution in [0, 0.1) is 0 Å². The first kappa shape index (κ1) is 13.5. The van der Waals surface area contributed by atoms with Crippen molar-refractivity contribution < 1.29 is 9.59 Å². The van der Waals surface area contributed by atoms with Crippen molar-refractivity contribution in [2.24, 2.45) is 0 Å². The van der Waals surface area contributed by atoms with Crippen LogP contribution in [-0.2, 0) is 0 Å². The molecule has 1 aromatic heterocycles. The summed E-state index contributed by atoms with van der Waals surface area (Å²) in [4.78, 5) is 25.5. The largest absolute Gasteiger partial charge is 0.289 e. The molecule has 102 valence electrons. The van der Waals surface area contributed by atoms with Crippen molar-refractivity contribution >= 4 is 22.9 Å². The first-order valence-corrected chi connectivity index (χ1v) is 7.42. The molecule has 3 heteroatoms. The number of benzene rings is 2. The first-order valence-electron chi connectivity index (χ1n) is 6.54. The minimum atomic E-state index is -0.115. The van der Waals surface area contributed by atoms with E-state index in [1.54, 1.807) is 35.7 Å². The second kappa shape index (κ2) is 5.85. The third-order valence-electron chi connectivity index (χ3n) is 3.19. The fourth-order valence-corrected chi connectivity index (χ4v) is 2.98. The monoisotopic (exact) mass is 292 g/mol. The van der Waals surface area contributed by atoms with E-state index in [0.29, 0.717) is 21.6 Å². The molecule has 0 aliphatic rings. The molecule has 0 unspecified atom stereocenters. The molecule has 0 saturated heterocycles. The van der Waals surface area contributed by atoms with Crippen LogP contribution in [-0.4, -0.2) is 11.6 Å². The van der Waals surface area contributed by atoms with Crippen LogP contribution >= 0.6 is 11.3 Å². The molecule has 0 aliphatic heterocycles. The van der Waals surface area contributed by atoms with E-state index in [9.17, 15) is 9.59 Å². The van der Waals surface area contributed by atoms with Gasteiger partial charge in [-0.15, -0.1) is 11.3 Å². The van der Waals surface area contributed by atoms with Crippen LogP contribution in [0.2, 0.25) is 0 Å². The molecule has 0 radical (unpaired) electrons. The van der Waals surface area contributed by atoms with Gasteiger partial charge in [-0.2, -0.15) is 0 Å². The van der Waals surface area contributed by atoms with Gasteiger partial charge < -0.3 is 0 Å². The molecule has 0 aliphatic carbocycles. The van der Waals surface area contributed by atoms with Crippen molar-refractivity contribution in [3.8, 4) is 0 Å². The van der Waals surface area contributed by atoms with Crippen molar-refractivity contribution in [3.63, 3.8) is 0 Å². The zero-order valence-electron chi connectivity index (χ0n) is 11.2. The van der Waals surface area contributed by atoms with Gasteiger partial charge in [0.05, 0.1) is 4.88 Å². The predicted molar refractivity (Wildman–Crippen MR) is 84.1 cm³/mol. The van der Waals surface area contributed by atoms with Gasteiger partial charge in [-0.3, -0.25) is 9.59 Å². The van der Waals surface area contributed by atoms with Gasteiger partial charge in [0.15, 0.2) is 5.78 Å². The normalized spacial score (nSPS) is 10.3. The molecule has 0 spiro atoms. The van der Waals surface area contributed by atoms with Crippen LogP contribution in [0.4, 0.5) is 0 Å². The van der Waals surface area contributed by atoms with Gasteiger partial charge in [0.2, 0.25) is 5.78 Å². The van der Waals surface area contributed by atoms with E-state index in [-0.39, 0.29) is 11.6 Å². The Kier molecular flexibility index (Phi) is 3.75. The van der Waals surface area contributed by atoms with Crippen LogP contribution in [0.15, 0.2) is 72.1 Å². The van der Waals surface area contributed by atoms with E-state index in [1.807, 2.05) is 36.4 Å². The number of carbonyl (C=O) groups excluding carboxylic acids is 2.